The first kappa shape index (κ1) is 7.74. The van der Waals surface area contributed by atoms with Gasteiger partial charge in [-0.3, -0.25) is 4.68 Å². The molecule has 11 heavy (non-hydrogen) atoms. The fraction of sp³-hybridized carbons (Fsp3) is 0.333. The van der Waals surface area contributed by atoms with Crippen molar-refractivity contribution in [3.05, 3.63) is 18.0 Å². The van der Waals surface area contributed by atoms with Gasteiger partial charge in [-0.05, 0) is 13.0 Å². The van der Waals surface area contributed by atoms with Gasteiger partial charge in [0.1, 0.15) is 5.69 Å². The molecule has 0 saturated heterocycles. The molecule has 1 aromatic rings. The van der Waals surface area contributed by atoms with Crippen molar-refractivity contribution < 1.29 is 9.63 Å². The number of hydrogen-bond donors (Lipinski definition) is 1. The predicted molar refractivity (Wildman–Crippen MR) is 37.5 cm³/mol. The molecular formula is C6H9N3O2. The van der Waals surface area contributed by atoms with Crippen LogP contribution in [0.25, 0.3) is 0 Å². The van der Waals surface area contributed by atoms with Crippen LogP contribution in [0.15, 0.2) is 12.3 Å². The lowest BCUT2D eigenvalue weighted by Crippen LogP contribution is -2.15. The predicted octanol–water partition coefficient (Wildman–Crippen LogP) is -0.0665. The van der Waals surface area contributed by atoms with Crippen LogP contribution in [0, 0.1) is 0 Å². The number of aromatic nitrogens is 2. The summed E-state index contributed by atoms with van der Waals surface area (Å²) in [6, 6.07) is 1.55. The van der Waals surface area contributed by atoms with Crippen LogP contribution in [0.5, 0.6) is 0 Å². The van der Waals surface area contributed by atoms with Crippen molar-refractivity contribution in [2.24, 2.45) is 5.90 Å². The second-order valence-electron chi connectivity index (χ2n) is 1.94. The lowest BCUT2D eigenvalue weighted by Gasteiger charge is -1.99. The molecule has 60 valence electrons. The minimum Gasteiger partial charge on any atom is -0.369 e. The lowest BCUT2D eigenvalue weighted by atomic mass is 10.4. The number of nitrogens with two attached hydrogens (primary N) is 1. The van der Waals surface area contributed by atoms with E-state index in [2.05, 4.69) is 9.94 Å². The fourth-order valence-electron chi connectivity index (χ4n) is 0.818. The second kappa shape index (κ2) is 3.16. The number of hydrogen-bond acceptors (Lipinski definition) is 4. The summed E-state index contributed by atoms with van der Waals surface area (Å²) in [5.74, 6) is 4.13. The topological polar surface area (TPSA) is 70.1 Å². The van der Waals surface area contributed by atoms with Gasteiger partial charge >= 0.3 is 5.97 Å². The molecule has 0 aliphatic carbocycles. The molecule has 0 aromatic carbocycles. The Morgan fingerprint density at radius 1 is 1.91 bits per heavy atom. The van der Waals surface area contributed by atoms with Crippen LogP contribution < -0.4 is 5.90 Å². The quantitative estimate of drug-likeness (QED) is 0.607. The standard InChI is InChI=1S/C6H9N3O2/c1-2-9-5(3-4-8-9)6(10)11-7/h3-4H,2,7H2,1H3. The maximum Gasteiger partial charge on any atom is 0.375 e. The summed E-state index contributed by atoms with van der Waals surface area (Å²) in [6.07, 6.45) is 1.52. The average molecular weight is 155 g/mol. The molecule has 0 fully saturated rings. The third-order valence-corrected chi connectivity index (χ3v) is 1.33. The van der Waals surface area contributed by atoms with E-state index in [1.165, 1.54) is 10.9 Å². The first-order valence-electron chi connectivity index (χ1n) is 3.22. The minimum atomic E-state index is -0.565. The molecule has 0 bridgehead atoms. The van der Waals surface area contributed by atoms with Gasteiger partial charge in [-0.25, -0.2) is 4.79 Å². The molecule has 0 spiro atoms. The van der Waals surface area contributed by atoms with E-state index in [1.54, 1.807) is 6.07 Å². The highest BCUT2D eigenvalue weighted by Crippen LogP contribution is 1.98. The number of aryl methyl sites for hydroxylation is 1. The zero-order valence-electron chi connectivity index (χ0n) is 6.15. The van der Waals surface area contributed by atoms with Crippen molar-refractivity contribution in [3.8, 4) is 0 Å². The molecular weight excluding hydrogens is 146 g/mol. The summed E-state index contributed by atoms with van der Waals surface area (Å²) in [7, 11) is 0. The van der Waals surface area contributed by atoms with Gasteiger partial charge in [0.05, 0.1) is 0 Å². The van der Waals surface area contributed by atoms with Crippen LogP contribution in [0.3, 0.4) is 0 Å². The zero-order valence-corrected chi connectivity index (χ0v) is 6.15. The molecule has 0 amide bonds. The molecule has 5 nitrogen and oxygen atoms in total. The fourth-order valence-corrected chi connectivity index (χ4v) is 0.818. The first-order valence-corrected chi connectivity index (χ1v) is 3.22. The van der Waals surface area contributed by atoms with Crippen LogP contribution in [0.4, 0.5) is 0 Å². The highest BCUT2D eigenvalue weighted by Gasteiger charge is 2.10. The summed E-state index contributed by atoms with van der Waals surface area (Å²) in [6.45, 7) is 2.50. The molecule has 0 radical (unpaired) electrons. The van der Waals surface area contributed by atoms with E-state index in [-0.39, 0.29) is 0 Å². The average Bonchev–Trinajstić information content (AvgIpc) is 2.50. The number of rotatable bonds is 2. The number of nitrogens with zero attached hydrogens (tertiary/aromatic N) is 2. The van der Waals surface area contributed by atoms with Crippen LogP contribution in [0.2, 0.25) is 0 Å². The Kier molecular flexibility index (Phi) is 2.22. The molecule has 5 heteroatoms. The summed E-state index contributed by atoms with van der Waals surface area (Å²) < 4.78 is 1.51. The van der Waals surface area contributed by atoms with Gasteiger partial charge in [0.25, 0.3) is 0 Å². The largest absolute Gasteiger partial charge is 0.375 e. The summed E-state index contributed by atoms with van der Waals surface area (Å²) >= 11 is 0. The third-order valence-electron chi connectivity index (χ3n) is 1.33. The SMILES string of the molecule is CCn1nccc1C(=O)ON. The van der Waals surface area contributed by atoms with E-state index in [4.69, 9.17) is 5.90 Å². The van der Waals surface area contributed by atoms with Crippen molar-refractivity contribution in [2.45, 2.75) is 13.5 Å². The summed E-state index contributed by atoms with van der Waals surface area (Å²) in [5.41, 5.74) is 0.370. The number of carbonyl (C=O) groups is 1. The molecule has 0 atom stereocenters. The minimum absolute atomic E-state index is 0.370. The van der Waals surface area contributed by atoms with Gasteiger partial charge in [-0.15, -0.1) is 0 Å². The normalized spacial score (nSPS) is 9.64. The summed E-state index contributed by atoms with van der Waals surface area (Å²) in [5, 5.41) is 3.86. The monoisotopic (exact) mass is 155 g/mol. The van der Waals surface area contributed by atoms with Gasteiger partial charge in [0.15, 0.2) is 0 Å². The molecule has 1 aromatic heterocycles. The maximum atomic E-state index is 10.8. The van der Waals surface area contributed by atoms with Gasteiger partial charge < -0.3 is 4.84 Å². The van der Waals surface area contributed by atoms with Crippen molar-refractivity contribution >= 4 is 5.97 Å². The Morgan fingerprint density at radius 2 is 2.64 bits per heavy atom. The Labute approximate surface area is 63.7 Å². The smallest absolute Gasteiger partial charge is 0.369 e. The Bertz CT molecular complexity index is 256. The third kappa shape index (κ3) is 1.38. The van der Waals surface area contributed by atoms with E-state index in [0.29, 0.717) is 12.2 Å². The van der Waals surface area contributed by atoms with E-state index in [1.807, 2.05) is 6.92 Å². The van der Waals surface area contributed by atoms with Crippen LogP contribution >= 0.6 is 0 Å². The van der Waals surface area contributed by atoms with Crippen LogP contribution in [0.1, 0.15) is 17.4 Å². The highest BCUT2D eigenvalue weighted by atomic mass is 16.7. The van der Waals surface area contributed by atoms with Crippen molar-refractivity contribution in [3.63, 3.8) is 0 Å². The van der Waals surface area contributed by atoms with Gasteiger partial charge in [0.2, 0.25) is 0 Å². The van der Waals surface area contributed by atoms with E-state index in [0.717, 1.165) is 0 Å². The van der Waals surface area contributed by atoms with E-state index in [9.17, 15) is 4.79 Å². The highest BCUT2D eigenvalue weighted by molar-refractivity contribution is 5.87. The Hall–Kier alpha value is -1.36. The van der Waals surface area contributed by atoms with Gasteiger partial charge in [-0.2, -0.15) is 11.0 Å². The molecule has 0 saturated carbocycles. The van der Waals surface area contributed by atoms with Crippen molar-refractivity contribution in [1.29, 1.82) is 0 Å². The van der Waals surface area contributed by atoms with Crippen molar-refractivity contribution in [1.82, 2.24) is 9.78 Å². The lowest BCUT2D eigenvalue weighted by molar-refractivity contribution is 0.0489. The van der Waals surface area contributed by atoms with Gasteiger partial charge in [0, 0.05) is 12.7 Å². The molecule has 2 N–H and O–H groups in total. The summed E-state index contributed by atoms with van der Waals surface area (Å²) in [4.78, 5) is 14.9. The first-order chi connectivity index (χ1) is 5.29. The maximum absolute atomic E-state index is 10.8. The van der Waals surface area contributed by atoms with Crippen LogP contribution in [-0.4, -0.2) is 15.7 Å². The van der Waals surface area contributed by atoms with Gasteiger partial charge in [-0.1, -0.05) is 0 Å². The molecule has 0 aliphatic rings. The molecule has 1 rings (SSSR count). The molecule has 0 aliphatic heterocycles. The molecule has 0 unspecified atom stereocenters. The Balaban J connectivity index is 2.92. The van der Waals surface area contributed by atoms with Crippen molar-refractivity contribution in [2.75, 3.05) is 0 Å². The number of carbonyl (C=O) groups excluding carboxylic acids is 1. The Morgan fingerprint density at radius 3 is 3.18 bits per heavy atom. The van der Waals surface area contributed by atoms with E-state index >= 15 is 0 Å². The molecule has 1 heterocycles. The zero-order chi connectivity index (χ0) is 8.27. The van der Waals surface area contributed by atoms with Crippen LogP contribution in [-0.2, 0) is 11.4 Å². The second-order valence-corrected chi connectivity index (χ2v) is 1.94. The van der Waals surface area contributed by atoms with E-state index < -0.39 is 5.97 Å².